The predicted molar refractivity (Wildman–Crippen MR) is 93.9 cm³/mol. The molecule has 0 saturated heterocycles. The molecule has 0 aliphatic rings. The number of thiazole rings is 1. The molecule has 0 radical (unpaired) electrons. The Morgan fingerprint density at radius 3 is 2.48 bits per heavy atom. The van der Waals surface area contributed by atoms with Gasteiger partial charge in [0.1, 0.15) is 11.5 Å². The van der Waals surface area contributed by atoms with E-state index in [1.54, 1.807) is 18.2 Å². The average molecular weight is 358 g/mol. The zero-order chi connectivity index (χ0) is 18.1. The number of halogens is 1. The minimum atomic E-state index is -0.656. The molecule has 6 nitrogen and oxygen atoms in total. The van der Waals surface area contributed by atoms with Gasteiger partial charge in [-0.3, -0.25) is 9.59 Å². The van der Waals surface area contributed by atoms with Gasteiger partial charge in [0.25, 0.3) is 11.5 Å². The van der Waals surface area contributed by atoms with Gasteiger partial charge in [0.15, 0.2) is 5.01 Å². The minimum absolute atomic E-state index is 0.120. The zero-order valence-electron chi connectivity index (χ0n) is 13.6. The molecular formula is C17H15FN4O2S. The van der Waals surface area contributed by atoms with Crippen molar-refractivity contribution in [2.24, 2.45) is 5.73 Å². The lowest BCUT2D eigenvalue weighted by atomic mass is 10.1. The van der Waals surface area contributed by atoms with Gasteiger partial charge in [-0.2, -0.15) is 5.10 Å². The van der Waals surface area contributed by atoms with Crippen molar-refractivity contribution in [2.45, 2.75) is 19.9 Å². The number of nitrogens with two attached hydrogens (primary N) is 1. The lowest BCUT2D eigenvalue weighted by molar-refractivity contribution is 0.1000. The van der Waals surface area contributed by atoms with Crippen LogP contribution in [0.15, 0.2) is 41.2 Å². The maximum atomic E-state index is 13.2. The Bertz CT molecular complexity index is 993. The van der Waals surface area contributed by atoms with Crippen molar-refractivity contribution < 1.29 is 9.18 Å². The maximum absolute atomic E-state index is 13.2. The van der Waals surface area contributed by atoms with Gasteiger partial charge >= 0.3 is 0 Å². The lowest BCUT2D eigenvalue weighted by Gasteiger charge is -2.09. The van der Waals surface area contributed by atoms with Crippen LogP contribution >= 0.6 is 11.3 Å². The molecule has 0 bridgehead atoms. The summed E-state index contributed by atoms with van der Waals surface area (Å²) in [6, 6.07) is 8.63. The molecule has 1 aromatic carbocycles. The predicted octanol–water partition coefficient (Wildman–Crippen LogP) is 2.85. The van der Waals surface area contributed by atoms with E-state index in [9.17, 15) is 14.0 Å². The highest BCUT2D eigenvalue weighted by atomic mass is 32.1. The Kier molecular flexibility index (Phi) is 4.45. The molecule has 128 valence electrons. The molecule has 0 fully saturated rings. The van der Waals surface area contributed by atoms with E-state index in [1.165, 1.54) is 22.9 Å². The molecule has 25 heavy (non-hydrogen) atoms. The summed E-state index contributed by atoms with van der Waals surface area (Å²) in [4.78, 5) is 28.3. The summed E-state index contributed by atoms with van der Waals surface area (Å²) >= 11 is 1.09. The van der Waals surface area contributed by atoms with Crippen LogP contribution in [0.2, 0.25) is 0 Å². The highest BCUT2D eigenvalue weighted by Crippen LogP contribution is 2.35. The first-order chi connectivity index (χ1) is 11.9. The number of rotatable bonds is 4. The fourth-order valence-corrected chi connectivity index (χ4v) is 3.22. The van der Waals surface area contributed by atoms with Gasteiger partial charge in [-0.1, -0.05) is 0 Å². The number of carbonyl (C=O) groups is 1. The van der Waals surface area contributed by atoms with Crippen LogP contribution in [0.3, 0.4) is 0 Å². The van der Waals surface area contributed by atoms with Crippen molar-refractivity contribution >= 4 is 17.2 Å². The number of hydrogen-bond donors (Lipinski definition) is 1. The fraction of sp³-hybridized carbons (Fsp3) is 0.176. The number of nitrogens with zero attached hydrogens (tertiary/aromatic N) is 3. The van der Waals surface area contributed by atoms with E-state index in [-0.39, 0.29) is 22.4 Å². The number of carbonyl (C=O) groups excluding carboxylic acids is 1. The van der Waals surface area contributed by atoms with Gasteiger partial charge in [0, 0.05) is 11.6 Å². The summed E-state index contributed by atoms with van der Waals surface area (Å²) in [5.41, 5.74) is 6.73. The van der Waals surface area contributed by atoms with Gasteiger partial charge in [0.2, 0.25) is 0 Å². The standard InChI is InChI=1S/C17H15FN4O2S/c1-9(2)22-13(23)8-7-12(21-22)15-14(20-17(25-15)16(19)24)10-3-5-11(18)6-4-10/h3-9H,1-2H3,(H2,19,24). The minimum Gasteiger partial charge on any atom is -0.364 e. The Labute approximate surface area is 146 Å². The summed E-state index contributed by atoms with van der Waals surface area (Å²) < 4.78 is 14.6. The van der Waals surface area contributed by atoms with Gasteiger partial charge in [0.05, 0.1) is 16.6 Å². The molecule has 0 unspecified atom stereocenters. The molecule has 1 amide bonds. The average Bonchev–Trinajstić information content (AvgIpc) is 3.01. The molecule has 0 aliphatic heterocycles. The molecule has 2 heterocycles. The first-order valence-electron chi connectivity index (χ1n) is 7.53. The van der Waals surface area contributed by atoms with Crippen LogP contribution in [0, 0.1) is 5.82 Å². The van der Waals surface area contributed by atoms with Gasteiger partial charge in [-0.25, -0.2) is 14.1 Å². The smallest absolute Gasteiger partial charge is 0.277 e. The van der Waals surface area contributed by atoms with Crippen LogP contribution in [0.25, 0.3) is 21.8 Å². The first kappa shape index (κ1) is 17.0. The van der Waals surface area contributed by atoms with Gasteiger partial charge in [-0.05, 0) is 44.2 Å². The summed E-state index contributed by atoms with van der Waals surface area (Å²) in [7, 11) is 0. The quantitative estimate of drug-likeness (QED) is 0.776. The maximum Gasteiger partial charge on any atom is 0.277 e. The van der Waals surface area contributed by atoms with E-state index in [1.807, 2.05) is 13.8 Å². The van der Waals surface area contributed by atoms with E-state index in [2.05, 4.69) is 10.1 Å². The molecule has 3 aromatic rings. The lowest BCUT2D eigenvalue weighted by Crippen LogP contribution is -2.23. The normalized spacial score (nSPS) is 11.0. The summed E-state index contributed by atoms with van der Waals surface area (Å²) in [6.07, 6.45) is 0. The van der Waals surface area contributed by atoms with Crippen LogP contribution in [0.1, 0.15) is 29.7 Å². The first-order valence-corrected chi connectivity index (χ1v) is 8.35. The van der Waals surface area contributed by atoms with Crippen molar-refractivity contribution in [3.05, 3.63) is 57.6 Å². The topological polar surface area (TPSA) is 90.9 Å². The molecule has 0 aliphatic carbocycles. The molecule has 0 saturated carbocycles. The van der Waals surface area contributed by atoms with Crippen molar-refractivity contribution in [3.63, 3.8) is 0 Å². The number of benzene rings is 1. The van der Waals surface area contributed by atoms with Gasteiger partial charge in [-0.15, -0.1) is 11.3 Å². The molecular weight excluding hydrogens is 343 g/mol. The third-order valence-electron chi connectivity index (χ3n) is 3.50. The van der Waals surface area contributed by atoms with Gasteiger partial charge < -0.3 is 5.73 Å². The highest BCUT2D eigenvalue weighted by molar-refractivity contribution is 7.17. The van der Waals surface area contributed by atoms with Crippen molar-refractivity contribution in [3.8, 4) is 21.8 Å². The monoisotopic (exact) mass is 358 g/mol. The van der Waals surface area contributed by atoms with Crippen molar-refractivity contribution in [2.75, 3.05) is 0 Å². The molecule has 2 aromatic heterocycles. The second-order valence-electron chi connectivity index (χ2n) is 5.66. The summed E-state index contributed by atoms with van der Waals surface area (Å²) in [5, 5.41) is 4.49. The molecule has 2 N–H and O–H groups in total. The number of aromatic nitrogens is 3. The fourth-order valence-electron chi connectivity index (χ4n) is 2.32. The number of amides is 1. The Balaban J connectivity index is 2.22. The Morgan fingerprint density at radius 2 is 1.88 bits per heavy atom. The third-order valence-corrected chi connectivity index (χ3v) is 4.59. The van der Waals surface area contributed by atoms with Crippen molar-refractivity contribution in [1.82, 2.24) is 14.8 Å². The van der Waals surface area contributed by atoms with Crippen LogP contribution in [-0.4, -0.2) is 20.7 Å². The molecule has 3 rings (SSSR count). The largest absolute Gasteiger partial charge is 0.364 e. The van der Waals surface area contributed by atoms with E-state index < -0.39 is 5.91 Å². The van der Waals surface area contributed by atoms with Crippen LogP contribution in [0.4, 0.5) is 4.39 Å². The Hall–Kier alpha value is -2.87. The van der Waals surface area contributed by atoms with Crippen molar-refractivity contribution in [1.29, 1.82) is 0 Å². The Morgan fingerprint density at radius 1 is 1.20 bits per heavy atom. The number of primary amides is 1. The van der Waals surface area contributed by atoms with Crippen LogP contribution < -0.4 is 11.3 Å². The SMILES string of the molecule is CC(C)n1nc(-c2sc(C(N)=O)nc2-c2ccc(F)cc2)ccc1=O. The number of hydrogen-bond acceptors (Lipinski definition) is 5. The van der Waals surface area contributed by atoms with E-state index in [0.29, 0.717) is 21.8 Å². The highest BCUT2D eigenvalue weighted by Gasteiger charge is 2.19. The van der Waals surface area contributed by atoms with E-state index in [0.717, 1.165) is 11.3 Å². The summed E-state index contributed by atoms with van der Waals surface area (Å²) in [5.74, 6) is -1.03. The molecule has 8 heteroatoms. The second-order valence-corrected chi connectivity index (χ2v) is 6.66. The van der Waals surface area contributed by atoms with Crippen LogP contribution in [0.5, 0.6) is 0 Å². The zero-order valence-corrected chi connectivity index (χ0v) is 14.4. The van der Waals surface area contributed by atoms with E-state index in [4.69, 9.17) is 5.73 Å². The molecule has 0 atom stereocenters. The second kappa shape index (κ2) is 6.56. The van der Waals surface area contributed by atoms with E-state index >= 15 is 0 Å². The van der Waals surface area contributed by atoms with Crippen LogP contribution in [-0.2, 0) is 0 Å². The summed E-state index contributed by atoms with van der Waals surface area (Å²) in [6.45, 7) is 3.70. The molecule has 0 spiro atoms. The third kappa shape index (κ3) is 3.34.